The Kier molecular flexibility index (Phi) is 4.94. The van der Waals surface area contributed by atoms with Gasteiger partial charge in [-0.25, -0.2) is 0 Å². The van der Waals surface area contributed by atoms with E-state index < -0.39 is 68.7 Å². The highest BCUT2D eigenvalue weighted by molar-refractivity contribution is 5.93. The predicted molar refractivity (Wildman–Crippen MR) is 102 cm³/mol. The minimum Gasteiger partial charge on any atom is -0.481 e. The molecule has 8 nitrogen and oxygen atoms in total. The van der Waals surface area contributed by atoms with Gasteiger partial charge in [-0.1, -0.05) is 48.5 Å². The molecule has 0 bridgehead atoms. The zero-order chi connectivity index (χ0) is 23.0. The highest BCUT2D eigenvalue weighted by atomic mass is 16.4. The van der Waals surface area contributed by atoms with E-state index in [1.807, 2.05) is 0 Å². The van der Waals surface area contributed by atoms with Crippen molar-refractivity contribution in [3.05, 3.63) is 0 Å². The van der Waals surface area contributed by atoms with Gasteiger partial charge < -0.3 is 20.4 Å². The summed E-state index contributed by atoms with van der Waals surface area (Å²) >= 11 is 0. The van der Waals surface area contributed by atoms with Crippen LogP contribution in [0.5, 0.6) is 0 Å². The van der Waals surface area contributed by atoms with Gasteiger partial charge in [0.15, 0.2) is 0 Å². The van der Waals surface area contributed by atoms with E-state index in [1.54, 1.807) is 48.5 Å². The highest BCUT2D eigenvalue weighted by Gasteiger charge is 2.90. The van der Waals surface area contributed by atoms with Crippen LogP contribution in [0.1, 0.15) is 61.3 Å². The first-order valence-corrected chi connectivity index (χ1v) is 9.78. The Morgan fingerprint density at radius 1 is 0.759 bits per heavy atom. The molecule has 0 aliphatic heterocycles. The van der Waals surface area contributed by atoms with Crippen molar-refractivity contribution in [3.63, 3.8) is 0 Å². The number of fused-ring (bicyclic) bond motifs is 1. The lowest BCUT2D eigenvalue weighted by Crippen LogP contribution is -2.85. The molecule has 4 N–H and O–H groups in total. The van der Waals surface area contributed by atoms with Crippen LogP contribution in [-0.2, 0) is 19.2 Å². The van der Waals surface area contributed by atoms with E-state index in [0.717, 1.165) is 0 Å². The molecule has 2 aliphatic carbocycles. The van der Waals surface area contributed by atoms with Gasteiger partial charge in [-0.3, -0.25) is 19.2 Å². The van der Waals surface area contributed by atoms with E-state index in [1.165, 1.54) is 0 Å². The van der Waals surface area contributed by atoms with Crippen molar-refractivity contribution in [2.24, 2.45) is 44.8 Å². The number of carboxylic acids is 4. The molecule has 0 aromatic rings. The first-order valence-electron chi connectivity index (χ1n) is 9.78. The van der Waals surface area contributed by atoms with Gasteiger partial charge in [0.2, 0.25) is 0 Å². The van der Waals surface area contributed by atoms with E-state index >= 15 is 0 Å². The van der Waals surface area contributed by atoms with Crippen LogP contribution in [-0.4, -0.2) is 44.3 Å². The topological polar surface area (TPSA) is 149 Å². The molecule has 0 spiro atoms. The molecule has 0 radical (unpaired) electrons. The zero-order valence-electron chi connectivity index (χ0n) is 18.1. The predicted octanol–water partition coefficient (Wildman–Crippen LogP) is 3.05. The van der Waals surface area contributed by atoms with E-state index in [-0.39, 0.29) is 12.8 Å². The first-order chi connectivity index (χ1) is 12.9. The molecule has 0 aromatic heterocycles. The average molecular weight is 412 g/mol. The third-order valence-electron chi connectivity index (χ3n) is 7.96. The Hall–Kier alpha value is -2.12. The molecular formula is C21H32O8. The van der Waals surface area contributed by atoms with Crippen LogP contribution in [0.3, 0.4) is 0 Å². The van der Waals surface area contributed by atoms with Gasteiger partial charge in [0.05, 0.1) is 22.7 Å². The van der Waals surface area contributed by atoms with Crippen molar-refractivity contribution in [1.82, 2.24) is 0 Å². The van der Waals surface area contributed by atoms with E-state index in [0.29, 0.717) is 0 Å². The lowest BCUT2D eigenvalue weighted by molar-refractivity contribution is -0.349. The second kappa shape index (κ2) is 6.19. The molecule has 0 saturated heterocycles. The Balaban J connectivity index is 2.95. The minimum atomic E-state index is -1.79. The molecule has 2 rings (SSSR count). The SMILES string of the molecule is CC(C)(C)C1(C(=O)O)C2CC(C(=O)O)C(C(=O)O)CC2(C)C1(C(=O)O)C(C)(C)C. The maximum absolute atomic E-state index is 12.9. The number of hydrogen-bond donors (Lipinski definition) is 4. The molecule has 6 unspecified atom stereocenters. The largest absolute Gasteiger partial charge is 0.481 e. The maximum Gasteiger partial charge on any atom is 0.311 e. The molecule has 164 valence electrons. The quantitative estimate of drug-likeness (QED) is 0.550. The maximum atomic E-state index is 12.9. The summed E-state index contributed by atoms with van der Waals surface area (Å²) in [5.41, 5.74) is -6.81. The standard InChI is InChI=1S/C21H32O8/c1-17(2,3)20(15(26)27)12-8-10(13(22)23)11(14(24)25)9-19(12,7)21(20,16(28)29)18(4,5)6/h10-12H,8-9H2,1-7H3,(H,22,23)(H,24,25)(H,26,27)(H,28,29). The fourth-order valence-electron chi connectivity index (χ4n) is 7.55. The fraction of sp³-hybridized carbons (Fsp3) is 0.810. The summed E-state index contributed by atoms with van der Waals surface area (Å²) in [5, 5.41) is 40.4. The molecule has 2 fully saturated rings. The third-order valence-corrected chi connectivity index (χ3v) is 7.96. The number of carboxylic acid groups (broad SMARTS) is 4. The van der Waals surface area contributed by atoms with Crippen molar-refractivity contribution in [2.75, 3.05) is 0 Å². The minimum absolute atomic E-state index is 0.183. The third kappa shape index (κ3) is 2.37. The van der Waals surface area contributed by atoms with Crippen molar-refractivity contribution >= 4 is 23.9 Å². The normalized spacial score (nSPS) is 39.8. The van der Waals surface area contributed by atoms with Crippen molar-refractivity contribution in [1.29, 1.82) is 0 Å². The Labute approximate surface area is 170 Å². The Morgan fingerprint density at radius 2 is 1.21 bits per heavy atom. The molecule has 0 amide bonds. The summed E-state index contributed by atoms with van der Waals surface area (Å²) in [5.74, 6) is -8.48. The van der Waals surface area contributed by atoms with Crippen molar-refractivity contribution in [3.8, 4) is 0 Å². The molecule has 2 saturated carbocycles. The first kappa shape index (κ1) is 23.2. The molecule has 0 aromatic carbocycles. The van der Waals surface area contributed by atoms with Gasteiger partial charge in [-0.15, -0.1) is 0 Å². The van der Waals surface area contributed by atoms with Gasteiger partial charge in [0, 0.05) is 0 Å². The lowest BCUT2D eigenvalue weighted by atomic mass is 9.19. The molecule has 2 aliphatic rings. The molecule has 29 heavy (non-hydrogen) atoms. The summed E-state index contributed by atoms with van der Waals surface area (Å²) in [6.07, 6.45) is -0.379. The van der Waals surface area contributed by atoms with Crippen LogP contribution in [0.2, 0.25) is 0 Å². The summed E-state index contributed by atoms with van der Waals surface area (Å²) in [6.45, 7) is 11.7. The van der Waals surface area contributed by atoms with Crippen LogP contribution < -0.4 is 0 Å². The summed E-state index contributed by atoms with van der Waals surface area (Å²) in [4.78, 5) is 49.5. The van der Waals surface area contributed by atoms with E-state index in [9.17, 15) is 39.6 Å². The van der Waals surface area contributed by atoms with Crippen LogP contribution in [0.4, 0.5) is 0 Å². The summed E-state index contributed by atoms with van der Waals surface area (Å²) in [6, 6.07) is 0. The molecular weight excluding hydrogens is 380 g/mol. The van der Waals surface area contributed by atoms with E-state index in [4.69, 9.17) is 0 Å². The summed E-state index contributed by atoms with van der Waals surface area (Å²) in [7, 11) is 0. The van der Waals surface area contributed by atoms with Gasteiger partial charge in [0.1, 0.15) is 0 Å². The Bertz CT molecular complexity index is 773. The van der Waals surface area contributed by atoms with Gasteiger partial charge >= 0.3 is 23.9 Å². The fourth-order valence-corrected chi connectivity index (χ4v) is 7.55. The van der Waals surface area contributed by atoms with Crippen LogP contribution in [0.15, 0.2) is 0 Å². The molecule has 0 heterocycles. The highest BCUT2D eigenvalue weighted by Crippen LogP contribution is 2.85. The van der Waals surface area contributed by atoms with Crippen LogP contribution >= 0.6 is 0 Å². The Morgan fingerprint density at radius 3 is 1.48 bits per heavy atom. The smallest absolute Gasteiger partial charge is 0.311 e. The monoisotopic (exact) mass is 412 g/mol. The summed E-state index contributed by atoms with van der Waals surface area (Å²) < 4.78 is 0. The van der Waals surface area contributed by atoms with E-state index in [2.05, 4.69) is 0 Å². The van der Waals surface area contributed by atoms with Gasteiger partial charge in [-0.05, 0) is 35.0 Å². The second-order valence-electron chi connectivity index (χ2n) is 11.0. The van der Waals surface area contributed by atoms with Gasteiger partial charge in [-0.2, -0.15) is 0 Å². The number of aliphatic carboxylic acids is 4. The number of hydrogen-bond acceptors (Lipinski definition) is 4. The molecule has 6 atom stereocenters. The number of rotatable bonds is 4. The van der Waals surface area contributed by atoms with Crippen LogP contribution in [0, 0.1) is 44.8 Å². The van der Waals surface area contributed by atoms with Crippen molar-refractivity contribution < 1.29 is 39.6 Å². The van der Waals surface area contributed by atoms with Crippen molar-refractivity contribution in [2.45, 2.75) is 61.3 Å². The van der Waals surface area contributed by atoms with Crippen LogP contribution in [0.25, 0.3) is 0 Å². The second-order valence-corrected chi connectivity index (χ2v) is 11.0. The zero-order valence-corrected chi connectivity index (χ0v) is 18.1. The molecule has 8 heteroatoms. The average Bonchev–Trinajstić information content (AvgIpc) is 2.46. The number of carbonyl (C=O) groups is 4. The lowest BCUT2D eigenvalue weighted by Gasteiger charge is -2.80. The van der Waals surface area contributed by atoms with Gasteiger partial charge in [0.25, 0.3) is 0 Å².